The fraction of sp³-hybridized carbons (Fsp3) is 0.478. The van der Waals surface area contributed by atoms with Crippen molar-refractivity contribution in [2.75, 3.05) is 20.2 Å². The van der Waals surface area contributed by atoms with Gasteiger partial charge in [-0.05, 0) is 56.9 Å². The highest BCUT2D eigenvalue weighted by molar-refractivity contribution is 7.89. The van der Waals surface area contributed by atoms with Crippen molar-refractivity contribution < 1.29 is 22.5 Å². The normalized spacial score (nSPS) is 16.9. The molecule has 9 heteroatoms. The van der Waals surface area contributed by atoms with Crippen molar-refractivity contribution in [3.63, 3.8) is 0 Å². The van der Waals surface area contributed by atoms with Gasteiger partial charge in [-0.15, -0.1) is 0 Å². The minimum Gasteiger partial charge on any atom is -0.497 e. The first-order valence-corrected chi connectivity index (χ1v) is 12.3. The van der Waals surface area contributed by atoms with E-state index in [4.69, 9.17) is 9.26 Å². The Hall–Kier alpha value is -2.65. The van der Waals surface area contributed by atoms with E-state index in [1.165, 1.54) is 4.31 Å². The first-order valence-electron chi connectivity index (χ1n) is 10.8. The Labute approximate surface area is 189 Å². The molecule has 1 amide bonds. The van der Waals surface area contributed by atoms with Gasteiger partial charge < -0.3 is 14.6 Å². The van der Waals surface area contributed by atoms with Crippen LogP contribution in [-0.2, 0) is 14.8 Å². The number of aromatic nitrogens is 1. The van der Waals surface area contributed by atoms with E-state index in [1.807, 2.05) is 38.1 Å². The number of carbonyl (C=O) groups excluding carboxylic acids is 1. The average molecular weight is 462 g/mol. The summed E-state index contributed by atoms with van der Waals surface area (Å²) in [6, 6.07) is 7.49. The molecule has 1 fully saturated rings. The summed E-state index contributed by atoms with van der Waals surface area (Å²) in [4.78, 5) is 12.5. The molecule has 2 heterocycles. The number of methoxy groups -OCH3 is 1. The summed E-state index contributed by atoms with van der Waals surface area (Å²) in [6.07, 6.45) is 5.22. The van der Waals surface area contributed by atoms with E-state index in [-0.39, 0.29) is 41.6 Å². The SMILES string of the molecule is CC[C@@H](C)NC(=O)C1CCN(S(=O)(=O)c2c(C)noc2/C=C\c2ccc(OC)cc2)CC1. The number of carbonyl (C=O) groups is 1. The molecule has 3 rings (SSSR count). The molecule has 1 aliphatic heterocycles. The summed E-state index contributed by atoms with van der Waals surface area (Å²) < 4.78 is 38.6. The number of nitrogens with zero attached hydrogens (tertiary/aromatic N) is 2. The van der Waals surface area contributed by atoms with Crippen molar-refractivity contribution in [2.24, 2.45) is 5.92 Å². The highest BCUT2D eigenvalue weighted by Gasteiger charge is 2.36. The largest absolute Gasteiger partial charge is 0.497 e. The van der Waals surface area contributed by atoms with Crippen LogP contribution < -0.4 is 10.1 Å². The predicted octanol–water partition coefficient (Wildman–Crippen LogP) is 3.48. The van der Waals surface area contributed by atoms with Crippen LogP contribution in [0, 0.1) is 12.8 Å². The fourth-order valence-corrected chi connectivity index (χ4v) is 5.36. The summed E-state index contributed by atoms with van der Waals surface area (Å²) in [5, 5.41) is 6.88. The summed E-state index contributed by atoms with van der Waals surface area (Å²) >= 11 is 0. The second-order valence-electron chi connectivity index (χ2n) is 8.06. The van der Waals surface area contributed by atoms with Crippen LogP contribution in [0.1, 0.15) is 50.1 Å². The minimum atomic E-state index is -3.80. The molecular weight excluding hydrogens is 430 g/mol. The molecule has 1 aliphatic rings. The van der Waals surface area contributed by atoms with Crippen molar-refractivity contribution in [2.45, 2.75) is 51.0 Å². The number of hydrogen-bond donors (Lipinski definition) is 1. The van der Waals surface area contributed by atoms with E-state index < -0.39 is 10.0 Å². The Morgan fingerprint density at radius 3 is 2.53 bits per heavy atom. The molecule has 2 aromatic rings. The Bertz CT molecular complexity index is 1050. The summed E-state index contributed by atoms with van der Waals surface area (Å²) in [5.74, 6) is 0.756. The van der Waals surface area contributed by atoms with E-state index in [0.29, 0.717) is 18.5 Å². The topological polar surface area (TPSA) is 102 Å². The second-order valence-corrected chi connectivity index (χ2v) is 9.94. The Morgan fingerprint density at radius 1 is 1.28 bits per heavy atom. The van der Waals surface area contributed by atoms with Crippen molar-refractivity contribution >= 4 is 28.1 Å². The zero-order valence-electron chi connectivity index (χ0n) is 19.0. The van der Waals surface area contributed by atoms with Gasteiger partial charge in [-0.1, -0.05) is 30.3 Å². The molecule has 0 spiro atoms. The lowest BCUT2D eigenvalue weighted by Crippen LogP contribution is -2.44. The monoisotopic (exact) mass is 461 g/mol. The number of rotatable bonds is 8. The molecule has 1 N–H and O–H groups in total. The van der Waals surface area contributed by atoms with Gasteiger partial charge in [0.25, 0.3) is 0 Å². The van der Waals surface area contributed by atoms with E-state index in [9.17, 15) is 13.2 Å². The maximum absolute atomic E-state index is 13.4. The van der Waals surface area contributed by atoms with Crippen LogP contribution in [0.5, 0.6) is 5.75 Å². The summed E-state index contributed by atoms with van der Waals surface area (Å²) in [5.41, 5.74) is 1.19. The lowest BCUT2D eigenvalue weighted by Gasteiger charge is -2.31. The van der Waals surface area contributed by atoms with Gasteiger partial charge >= 0.3 is 0 Å². The van der Waals surface area contributed by atoms with E-state index >= 15 is 0 Å². The van der Waals surface area contributed by atoms with Crippen LogP contribution in [0.3, 0.4) is 0 Å². The van der Waals surface area contributed by atoms with Gasteiger partial charge in [-0.2, -0.15) is 4.31 Å². The third-order valence-electron chi connectivity index (χ3n) is 5.80. The molecule has 32 heavy (non-hydrogen) atoms. The number of piperidine rings is 1. The van der Waals surface area contributed by atoms with Crippen molar-refractivity contribution in [1.29, 1.82) is 0 Å². The molecule has 1 aromatic carbocycles. The van der Waals surface area contributed by atoms with Gasteiger partial charge in [0.05, 0.1) is 7.11 Å². The zero-order valence-corrected chi connectivity index (χ0v) is 19.8. The fourth-order valence-electron chi connectivity index (χ4n) is 3.64. The second kappa shape index (κ2) is 10.3. The van der Waals surface area contributed by atoms with Gasteiger partial charge in [-0.3, -0.25) is 4.79 Å². The van der Waals surface area contributed by atoms with Crippen LogP contribution in [0.15, 0.2) is 33.7 Å². The number of aryl methyl sites for hydroxylation is 1. The maximum atomic E-state index is 13.4. The number of ether oxygens (including phenoxy) is 1. The standard InChI is InChI=1S/C23H31N3O5S/c1-5-16(2)24-23(27)19-12-14-26(15-13-19)32(28,29)22-17(3)25-31-21(22)11-8-18-6-9-20(30-4)10-7-18/h6-11,16,19H,5,12-15H2,1-4H3,(H,24,27)/b11-8-/t16-/m1/s1. The Balaban J connectivity index is 1.73. The Morgan fingerprint density at radius 2 is 1.94 bits per heavy atom. The average Bonchev–Trinajstić information content (AvgIpc) is 3.19. The molecule has 0 bridgehead atoms. The zero-order chi connectivity index (χ0) is 23.3. The number of hydrogen-bond acceptors (Lipinski definition) is 6. The van der Waals surface area contributed by atoms with Crippen LogP contribution in [0.25, 0.3) is 12.2 Å². The molecule has 1 saturated heterocycles. The first kappa shape index (κ1) is 24.0. The van der Waals surface area contributed by atoms with Crippen molar-refractivity contribution in [3.8, 4) is 5.75 Å². The van der Waals surface area contributed by atoms with Crippen LogP contribution in [0.2, 0.25) is 0 Å². The molecule has 0 aliphatic carbocycles. The third-order valence-corrected chi connectivity index (χ3v) is 7.86. The number of amides is 1. The van der Waals surface area contributed by atoms with E-state index in [2.05, 4.69) is 10.5 Å². The molecule has 1 aromatic heterocycles. The van der Waals surface area contributed by atoms with E-state index in [1.54, 1.807) is 26.2 Å². The minimum absolute atomic E-state index is 0.000621. The van der Waals surface area contributed by atoms with Gasteiger partial charge in [0.15, 0.2) is 10.7 Å². The highest BCUT2D eigenvalue weighted by Crippen LogP contribution is 2.29. The molecule has 8 nitrogen and oxygen atoms in total. The predicted molar refractivity (Wildman–Crippen MR) is 123 cm³/mol. The van der Waals surface area contributed by atoms with Gasteiger partial charge in [-0.25, -0.2) is 8.42 Å². The van der Waals surface area contributed by atoms with Crippen LogP contribution >= 0.6 is 0 Å². The molecule has 0 saturated carbocycles. The smallest absolute Gasteiger partial charge is 0.248 e. The van der Waals surface area contributed by atoms with Crippen molar-refractivity contribution in [1.82, 2.24) is 14.8 Å². The molecule has 0 radical (unpaired) electrons. The molecule has 1 atom stereocenters. The Kier molecular flexibility index (Phi) is 7.73. The lowest BCUT2D eigenvalue weighted by molar-refractivity contribution is -0.126. The highest BCUT2D eigenvalue weighted by atomic mass is 32.2. The van der Waals surface area contributed by atoms with Gasteiger partial charge in [0.2, 0.25) is 15.9 Å². The lowest BCUT2D eigenvalue weighted by atomic mass is 9.97. The van der Waals surface area contributed by atoms with Crippen LogP contribution in [0.4, 0.5) is 0 Å². The number of sulfonamides is 1. The van der Waals surface area contributed by atoms with Gasteiger partial charge in [0.1, 0.15) is 11.4 Å². The van der Waals surface area contributed by atoms with Crippen LogP contribution in [-0.4, -0.2) is 50.0 Å². The molecule has 0 unspecified atom stereocenters. The van der Waals surface area contributed by atoms with E-state index in [0.717, 1.165) is 17.7 Å². The maximum Gasteiger partial charge on any atom is 0.248 e. The third kappa shape index (κ3) is 5.39. The van der Waals surface area contributed by atoms with Gasteiger partial charge in [0, 0.05) is 25.0 Å². The summed E-state index contributed by atoms with van der Waals surface area (Å²) in [6.45, 7) is 6.17. The number of benzene rings is 1. The molecule has 174 valence electrons. The summed E-state index contributed by atoms with van der Waals surface area (Å²) in [7, 11) is -2.20. The number of nitrogens with one attached hydrogen (secondary N) is 1. The van der Waals surface area contributed by atoms with Crippen molar-refractivity contribution in [3.05, 3.63) is 41.3 Å². The molecular formula is C23H31N3O5S. The quantitative estimate of drug-likeness (QED) is 0.646. The first-order chi connectivity index (χ1) is 15.3.